The normalized spacial score (nSPS) is 35.2. The molecule has 0 radical (unpaired) electrons. The summed E-state index contributed by atoms with van der Waals surface area (Å²) < 4.78 is 44.7. The molecule has 172 valence electrons. The Kier molecular flexibility index (Phi) is 10.9. The third kappa shape index (κ3) is 8.57. The Labute approximate surface area is 187 Å². The van der Waals surface area contributed by atoms with Crippen LogP contribution in [-0.2, 0) is 53.6 Å². The molecule has 2 heterocycles. The van der Waals surface area contributed by atoms with Crippen LogP contribution in [0.25, 0.3) is 0 Å². The minimum atomic E-state index is -4.73. The molecule has 2 rings (SSSR count). The maximum atomic E-state index is 12.4. The summed E-state index contributed by atoms with van der Waals surface area (Å²) in [5.41, 5.74) is 0. The number of hydrogen-bond donors (Lipinski definition) is 1. The summed E-state index contributed by atoms with van der Waals surface area (Å²) in [6.45, 7) is 10.5. The molecule has 11 heteroatoms. The summed E-state index contributed by atoms with van der Waals surface area (Å²) in [5, 5.41) is 10.7. The summed E-state index contributed by atoms with van der Waals surface area (Å²) in [5.74, 6) is -1.86. The van der Waals surface area contributed by atoms with Gasteiger partial charge in [0.25, 0.3) is 7.82 Å². The van der Waals surface area contributed by atoms with E-state index in [-0.39, 0.29) is 71.2 Å². The van der Waals surface area contributed by atoms with E-state index in [1.54, 1.807) is 20.8 Å². The fourth-order valence-corrected chi connectivity index (χ4v) is 4.14. The molecule has 9 nitrogen and oxygen atoms in total. The van der Waals surface area contributed by atoms with E-state index in [9.17, 15) is 14.6 Å². The van der Waals surface area contributed by atoms with Gasteiger partial charge in [0.2, 0.25) is 5.79 Å². The van der Waals surface area contributed by atoms with Crippen LogP contribution < -0.4 is 4.89 Å². The van der Waals surface area contributed by atoms with E-state index in [4.69, 9.17) is 28.0 Å². The molecule has 29 heavy (non-hydrogen) atoms. The second-order valence-corrected chi connectivity index (χ2v) is 9.35. The third-order valence-electron chi connectivity index (χ3n) is 4.39. The quantitative estimate of drug-likeness (QED) is 0.294. The molecule has 0 saturated carbocycles. The Morgan fingerprint density at radius 2 is 1.86 bits per heavy atom. The summed E-state index contributed by atoms with van der Waals surface area (Å²) in [6, 6.07) is 0. The zero-order chi connectivity index (χ0) is 21.1. The van der Waals surface area contributed by atoms with Crippen molar-refractivity contribution in [3.8, 4) is 0 Å². The first kappa shape index (κ1) is 27.6. The molecule has 0 spiro atoms. The van der Waals surface area contributed by atoms with Crippen molar-refractivity contribution in [3.63, 3.8) is 0 Å². The van der Waals surface area contributed by atoms with E-state index in [1.807, 2.05) is 20.8 Å². The molecule has 0 aromatic carbocycles. The van der Waals surface area contributed by atoms with Crippen LogP contribution in [0, 0.1) is 6.10 Å². The van der Waals surface area contributed by atoms with Crippen molar-refractivity contribution in [2.45, 2.75) is 96.8 Å². The van der Waals surface area contributed by atoms with Crippen molar-refractivity contribution in [1.82, 2.24) is 0 Å². The topological polar surface area (TPSA) is 116 Å². The van der Waals surface area contributed by atoms with Crippen LogP contribution in [0.2, 0.25) is 0 Å². The van der Waals surface area contributed by atoms with Gasteiger partial charge in [-0.1, -0.05) is 0 Å². The number of hydrogen-bond acceptors (Lipinski definition) is 9. The van der Waals surface area contributed by atoms with Gasteiger partial charge in [-0.25, -0.2) is 0 Å². The molecule has 0 aliphatic carbocycles. The van der Waals surface area contributed by atoms with Gasteiger partial charge < -0.3 is 38.0 Å². The Bertz CT molecular complexity index is 549. The largest absolute Gasteiger partial charge is 0.756 e. The summed E-state index contributed by atoms with van der Waals surface area (Å²) in [7, 11) is -4.73. The first-order valence-corrected chi connectivity index (χ1v) is 11.2. The minimum absolute atomic E-state index is 0. The molecule has 2 aliphatic rings. The third-order valence-corrected chi connectivity index (χ3v) is 5.35. The van der Waals surface area contributed by atoms with Crippen molar-refractivity contribution in [2.24, 2.45) is 0 Å². The number of phosphoric acid groups is 1. The maximum absolute atomic E-state index is 12.4. The van der Waals surface area contributed by atoms with Crippen molar-refractivity contribution in [1.29, 1.82) is 0 Å². The van der Waals surface area contributed by atoms with Gasteiger partial charge in [0.05, 0.1) is 12.2 Å². The minimum Gasteiger partial charge on any atom is -0.756 e. The van der Waals surface area contributed by atoms with E-state index in [2.05, 4.69) is 0 Å². The predicted octanol–water partition coefficient (Wildman–Crippen LogP) is 1.91. The molecule has 2 aliphatic heterocycles. The van der Waals surface area contributed by atoms with Crippen LogP contribution in [0.4, 0.5) is 0 Å². The summed E-state index contributed by atoms with van der Waals surface area (Å²) in [6.07, 6.45) is -0.887. The fraction of sp³-hybridized carbons (Fsp3) is 0.944. The number of ether oxygens (including phenoxy) is 4. The maximum Gasteiger partial charge on any atom is 0.265 e. The monoisotopic (exact) mass is 608 g/mol. The van der Waals surface area contributed by atoms with Crippen LogP contribution in [0.3, 0.4) is 0 Å². The predicted molar refractivity (Wildman–Crippen MR) is 98.0 cm³/mol. The van der Waals surface area contributed by atoms with Crippen molar-refractivity contribution in [2.75, 3.05) is 13.2 Å². The zero-order valence-electron chi connectivity index (χ0n) is 17.9. The number of aliphatic hydroxyl groups is 1. The molecular formula is C18H33O9PW-2. The van der Waals surface area contributed by atoms with Gasteiger partial charge in [0, 0.05) is 39.7 Å². The SMILES string of the molecule is CC(C)OC[C@@]1(O)O[C@@H](C)CC1OP(=O)([O-])OC[C-]1O[C@@H](C)CC1OC(C)C.[W]. The average molecular weight is 608 g/mol. The van der Waals surface area contributed by atoms with Crippen LogP contribution in [0.15, 0.2) is 0 Å². The van der Waals surface area contributed by atoms with Gasteiger partial charge in [-0.15, -0.1) is 6.10 Å². The molecule has 0 bridgehead atoms. The van der Waals surface area contributed by atoms with Crippen molar-refractivity contribution in [3.05, 3.63) is 6.10 Å². The first-order chi connectivity index (χ1) is 12.9. The van der Waals surface area contributed by atoms with Crippen LogP contribution in [0.1, 0.15) is 54.4 Å². The smallest absolute Gasteiger partial charge is 0.265 e. The Balaban J connectivity index is 0.00000420. The van der Waals surface area contributed by atoms with Crippen LogP contribution in [0.5, 0.6) is 0 Å². The molecule has 6 atom stereocenters. The fourth-order valence-electron chi connectivity index (χ4n) is 3.23. The van der Waals surface area contributed by atoms with Crippen LogP contribution >= 0.6 is 7.82 Å². The number of phosphoric ester groups is 1. The molecule has 0 aromatic rings. The summed E-state index contributed by atoms with van der Waals surface area (Å²) in [4.78, 5) is 12.4. The molecule has 0 aromatic heterocycles. The van der Waals surface area contributed by atoms with Gasteiger partial charge in [0.1, 0.15) is 12.7 Å². The zero-order valence-corrected chi connectivity index (χ0v) is 21.7. The van der Waals surface area contributed by atoms with E-state index in [0.29, 0.717) is 12.5 Å². The Hall–Kier alpha value is 0.598. The molecule has 0 amide bonds. The molecule has 2 saturated heterocycles. The van der Waals surface area contributed by atoms with Crippen molar-refractivity contribution >= 4 is 7.82 Å². The summed E-state index contributed by atoms with van der Waals surface area (Å²) >= 11 is 0. The van der Waals surface area contributed by atoms with Gasteiger partial charge in [-0.2, -0.15) is 0 Å². The molecular weight excluding hydrogens is 575 g/mol. The van der Waals surface area contributed by atoms with Crippen LogP contribution in [-0.4, -0.2) is 60.7 Å². The van der Waals surface area contributed by atoms with Crippen molar-refractivity contribution < 1.29 is 63.6 Å². The molecule has 3 unspecified atom stereocenters. The first-order valence-electron chi connectivity index (χ1n) is 9.74. The Morgan fingerprint density at radius 3 is 2.45 bits per heavy atom. The second-order valence-electron chi connectivity index (χ2n) is 7.99. The van der Waals surface area contributed by atoms with Gasteiger partial charge in [0.15, 0.2) is 0 Å². The molecule has 1 N–H and O–H groups in total. The number of rotatable bonds is 10. The Morgan fingerprint density at radius 1 is 1.21 bits per heavy atom. The standard InChI is InChI=1S/C18H34O9P.W/c1-11(2)22-10-18(19)17(8-14(6)26-18)27-28(20,21)23-9-16-15(24-12(3)4)7-13(5)25-16;/h11-15,17,19H,7-10H2,1-6H3,(H,20,21);/q-1;/p-1/t13-,14-,15?,17?,18+;/m0./s1. The molecule has 2 fully saturated rings. The van der Waals surface area contributed by atoms with E-state index < -0.39 is 19.7 Å². The average Bonchev–Trinajstić information content (AvgIpc) is 3.02. The van der Waals surface area contributed by atoms with E-state index in [0.717, 1.165) is 0 Å². The van der Waals surface area contributed by atoms with E-state index >= 15 is 0 Å². The second kappa shape index (κ2) is 11.5. The van der Waals surface area contributed by atoms with Gasteiger partial charge in [-0.3, -0.25) is 4.57 Å². The van der Waals surface area contributed by atoms with E-state index in [1.165, 1.54) is 0 Å². The van der Waals surface area contributed by atoms with Gasteiger partial charge in [-0.05, 0) is 60.7 Å². The van der Waals surface area contributed by atoms with Gasteiger partial charge >= 0.3 is 0 Å².